The first-order valence-electron chi connectivity index (χ1n) is 34.8. The Labute approximate surface area is 564 Å². The van der Waals surface area contributed by atoms with Gasteiger partial charge in [-0.15, -0.1) is 0 Å². The first-order chi connectivity index (χ1) is 47.7. The van der Waals surface area contributed by atoms with E-state index in [4.69, 9.17) is 8.83 Å². The van der Waals surface area contributed by atoms with E-state index in [1.807, 2.05) is 0 Å². The third-order valence-corrected chi connectivity index (χ3v) is 21.2. The van der Waals surface area contributed by atoms with E-state index in [0.29, 0.717) is 0 Å². The molecule has 17 aromatic rings. The second-order valence-electron chi connectivity index (χ2n) is 27.9. The van der Waals surface area contributed by atoms with Crippen LogP contribution in [0.3, 0.4) is 0 Å². The minimum atomic E-state index is -0.315. The molecular formula is C90H71BN4O2. The van der Waals surface area contributed by atoms with E-state index >= 15 is 0 Å². The van der Waals surface area contributed by atoms with Crippen molar-refractivity contribution in [2.75, 3.05) is 9.80 Å². The zero-order chi connectivity index (χ0) is 64.8. The maximum absolute atomic E-state index is 7.08. The highest BCUT2D eigenvalue weighted by Crippen LogP contribution is 2.56. The summed E-state index contributed by atoms with van der Waals surface area (Å²) in [5, 5.41) is 9.39. The van der Waals surface area contributed by atoms with Gasteiger partial charge < -0.3 is 27.8 Å². The molecule has 466 valence electrons. The van der Waals surface area contributed by atoms with E-state index in [9.17, 15) is 0 Å². The standard InChI is InChI=1S/C90H71BN4O2/c1-6-8-28-58-50-81-85(67-38-20-26-44-79(67)96-81)83(56-30-12-10-13-31-56)88(58)94-75-54-61(92-71-40-22-16-34-63(71)64-35-17-23-41-72(64)92)46-48-69(75)91-70-49-47-62(93-73-42-24-18-36-65(73)66-37-19-25-43-74(66)93)55-76(70)95(78-53-60(90(3,4)5)52-77(94)87(78)91)89-59(29-9-7-2)51-82-86(68-39-21-27-45-80(68)97-82)84(89)57-32-14-11-15-33-57/h10-27,30-55H,6-9,28-29H2,1-5H3. The average Bonchev–Trinajstić information content (AvgIpc) is 0.877. The monoisotopic (exact) mass is 1250 g/mol. The fraction of sp³-hybridized carbons (Fsp3) is 0.133. The predicted octanol–water partition coefficient (Wildman–Crippen LogP) is 23.1. The number of aryl methyl sites for hydroxylation is 2. The largest absolute Gasteiger partial charge is 0.456 e. The normalized spacial score (nSPS) is 13.0. The van der Waals surface area contributed by atoms with Crippen LogP contribution in [0.4, 0.5) is 34.1 Å². The molecule has 6 heterocycles. The van der Waals surface area contributed by atoms with Gasteiger partial charge in [-0.2, -0.15) is 0 Å². The van der Waals surface area contributed by atoms with Crippen molar-refractivity contribution in [3.63, 3.8) is 0 Å². The SMILES string of the molecule is CCCCc1cc2oc3ccccc3c2c(-c2ccccc2)c1N1c2cc(-n3c4ccccc4c4ccccc43)ccc2B2c3ccc(-n4c5ccccc5c5ccccc54)cc3N(c3c(CCCC)cc4oc5ccccc5c4c3-c3ccccc3)c3cc(C(C)(C)C)cc1c32. The van der Waals surface area contributed by atoms with E-state index in [2.05, 4.69) is 320 Å². The summed E-state index contributed by atoms with van der Waals surface area (Å²) in [5.41, 5.74) is 29.4. The highest BCUT2D eigenvalue weighted by Gasteiger charge is 2.47. The summed E-state index contributed by atoms with van der Waals surface area (Å²) in [6, 6.07) is 100. The lowest BCUT2D eigenvalue weighted by Gasteiger charge is -2.46. The molecule has 0 unspecified atom stereocenters. The molecule has 0 bridgehead atoms. The van der Waals surface area contributed by atoms with Crippen LogP contribution in [-0.4, -0.2) is 15.8 Å². The van der Waals surface area contributed by atoms with Crippen LogP contribution in [-0.2, 0) is 18.3 Å². The van der Waals surface area contributed by atoms with Gasteiger partial charge in [-0.25, -0.2) is 0 Å². The van der Waals surface area contributed by atoms with Gasteiger partial charge in [-0.1, -0.05) is 229 Å². The molecular weight excluding hydrogens is 1180 g/mol. The fourth-order valence-corrected chi connectivity index (χ4v) is 16.8. The Kier molecular flexibility index (Phi) is 13.1. The van der Waals surface area contributed by atoms with Crippen LogP contribution < -0.4 is 26.2 Å². The zero-order valence-electron chi connectivity index (χ0n) is 55.3. The second kappa shape index (κ2) is 22.2. The van der Waals surface area contributed by atoms with Gasteiger partial charge in [0.15, 0.2) is 0 Å². The summed E-state index contributed by atoms with van der Waals surface area (Å²) in [6.45, 7) is 11.6. The van der Waals surface area contributed by atoms with E-state index in [0.717, 1.165) is 116 Å². The van der Waals surface area contributed by atoms with Crippen LogP contribution in [0.2, 0.25) is 0 Å². The minimum Gasteiger partial charge on any atom is -0.456 e. The molecule has 13 aromatic carbocycles. The Morgan fingerprint density at radius 1 is 0.351 bits per heavy atom. The number of hydrogen-bond acceptors (Lipinski definition) is 4. The van der Waals surface area contributed by atoms with Gasteiger partial charge in [0.2, 0.25) is 0 Å². The summed E-state index contributed by atoms with van der Waals surface area (Å²) < 4.78 is 19.2. The second-order valence-corrected chi connectivity index (χ2v) is 27.9. The van der Waals surface area contributed by atoms with Crippen molar-refractivity contribution in [1.82, 2.24) is 9.13 Å². The first kappa shape index (κ1) is 57.2. The molecule has 0 amide bonds. The maximum atomic E-state index is 7.08. The molecule has 0 N–H and O–H groups in total. The number of unbranched alkanes of at least 4 members (excludes halogenated alkanes) is 2. The number of rotatable bonds is 12. The molecule has 0 radical (unpaired) electrons. The lowest BCUT2D eigenvalue weighted by Crippen LogP contribution is -2.61. The smallest absolute Gasteiger partial charge is 0.252 e. The summed E-state index contributed by atoms with van der Waals surface area (Å²) in [6.07, 6.45) is 5.77. The summed E-state index contributed by atoms with van der Waals surface area (Å²) in [4.78, 5) is 5.51. The lowest BCUT2D eigenvalue weighted by atomic mass is 9.33. The molecule has 2 aliphatic rings. The molecule has 19 rings (SSSR count). The number of nitrogens with zero attached hydrogens (tertiary/aromatic N) is 4. The van der Waals surface area contributed by atoms with Crippen molar-refractivity contribution >= 4 is 145 Å². The third-order valence-electron chi connectivity index (χ3n) is 21.2. The zero-order valence-corrected chi connectivity index (χ0v) is 55.3. The van der Waals surface area contributed by atoms with Crippen molar-refractivity contribution in [2.45, 2.75) is 78.6 Å². The number of benzene rings is 13. The molecule has 2 aliphatic heterocycles. The molecule has 7 heteroatoms. The molecule has 4 aromatic heterocycles. The number of fused-ring (bicyclic) bond motifs is 16. The third kappa shape index (κ3) is 8.66. The van der Waals surface area contributed by atoms with E-state index in [-0.39, 0.29) is 12.1 Å². The van der Waals surface area contributed by atoms with Crippen molar-refractivity contribution in [3.8, 4) is 33.6 Å². The van der Waals surface area contributed by atoms with Gasteiger partial charge in [-0.05, 0) is 160 Å². The number of para-hydroxylation sites is 6. The molecule has 0 saturated carbocycles. The van der Waals surface area contributed by atoms with Gasteiger partial charge in [0.25, 0.3) is 6.71 Å². The molecule has 0 saturated heterocycles. The molecule has 0 aliphatic carbocycles. The molecule has 97 heavy (non-hydrogen) atoms. The highest BCUT2D eigenvalue weighted by molar-refractivity contribution is 7.00. The number of aromatic nitrogens is 2. The van der Waals surface area contributed by atoms with Gasteiger partial charge in [0.1, 0.15) is 22.3 Å². The molecule has 6 nitrogen and oxygen atoms in total. The molecule has 0 spiro atoms. The summed E-state index contributed by atoms with van der Waals surface area (Å²) >= 11 is 0. The van der Waals surface area contributed by atoms with Gasteiger partial charge in [-0.3, -0.25) is 0 Å². The predicted molar refractivity (Wildman–Crippen MR) is 410 cm³/mol. The number of hydrogen-bond donors (Lipinski definition) is 0. The Morgan fingerprint density at radius 3 is 1.09 bits per heavy atom. The highest BCUT2D eigenvalue weighted by atomic mass is 16.3. The van der Waals surface area contributed by atoms with Crippen molar-refractivity contribution in [2.24, 2.45) is 0 Å². The van der Waals surface area contributed by atoms with E-state index in [1.54, 1.807) is 0 Å². The van der Waals surface area contributed by atoms with Crippen LogP contribution >= 0.6 is 0 Å². The summed E-state index contributed by atoms with van der Waals surface area (Å²) in [7, 11) is 0. The van der Waals surface area contributed by atoms with Crippen molar-refractivity contribution in [3.05, 3.63) is 284 Å². The quantitative estimate of drug-likeness (QED) is 0.114. The Balaban J connectivity index is 1.01. The number of anilines is 6. The Bertz CT molecular complexity index is 5590. The summed E-state index contributed by atoms with van der Waals surface area (Å²) in [5.74, 6) is 0. The fourth-order valence-electron chi connectivity index (χ4n) is 16.8. The topological polar surface area (TPSA) is 42.6 Å². The van der Waals surface area contributed by atoms with Crippen LogP contribution in [0.1, 0.15) is 77.0 Å². The maximum Gasteiger partial charge on any atom is 0.252 e. The van der Waals surface area contributed by atoms with Crippen molar-refractivity contribution < 1.29 is 8.83 Å². The molecule has 0 atom stereocenters. The lowest BCUT2D eigenvalue weighted by molar-refractivity contribution is 0.590. The minimum absolute atomic E-state index is 0.216. The first-order valence-corrected chi connectivity index (χ1v) is 34.8. The van der Waals surface area contributed by atoms with Crippen molar-refractivity contribution in [1.29, 1.82) is 0 Å². The Hall–Kier alpha value is -11.3. The van der Waals surface area contributed by atoms with Crippen LogP contribution in [0, 0.1) is 0 Å². The van der Waals surface area contributed by atoms with Gasteiger partial charge in [0.05, 0.1) is 33.4 Å². The van der Waals surface area contributed by atoms with Crippen LogP contribution in [0.15, 0.2) is 276 Å². The van der Waals surface area contributed by atoms with Gasteiger partial charge >= 0.3 is 0 Å². The van der Waals surface area contributed by atoms with E-state index < -0.39 is 0 Å². The van der Waals surface area contributed by atoms with Crippen LogP contribution in [0.5, 0.6) is 0 Å². The number of furan rings is 2. The van der Waals surface area contributed by atoms with Gasteiger partial charge in [0, 0.05) is 88.3 Å². The van der Waals surface area contributed by atoms with E-state index in [1.165, 1.54) is 111 Å². The molecule has 0 fully saturated rings. The van der Waals surface area contributed by atoms with Crippen LogP contribution in [0.25, 0.3) is 121 Å². The average molecular weight is 1250 g/mol. The Morgan fingerprint density at radius 2 is 0.711 bits per heavy atom.